The van der Waals surface area contributed by atoms with Gasteiger partial charge in [-0.15, -0.1) is 0 Å². The number of carbonyl (C=O) groups is 1. The maximum atomic E-state index is 11.3. The minimum Gasteiger partial charge on any atom is -0.478 e. The van der Waals surface area contributed by atoms with Crippen molar-refractivity contribution in [3.8, 4) is 11.3 Å². The van der Waals surface area contributed by atoms with Crippen LogP contribution in [-0.4, -0.2) is 35.3 Å². The van der Waals surface area contributed by atoms with Crippen molar-refractivity contribution in [2.45, 2.75) is 19.1 Å². The van der Waals surface area contributed by atoms with Crippen LogP contribution >= 0.6 is 11.6 Å². The highest BCUT2D eigenvalue weighted by Gasteiger charge is 2.15. The molecule has 2 aromatic carbocycles. The van der Waals surface area contributed by atoms with Gasteiger partial charge in [0.15, 0.2) is 0 Å². The summed E-state index contributed by atoms with van der Waals surface area (Å²) in [5.41, 5.74) is 2.44. The number of carboxylic acid groups (broad SMARTS) is 1. The van der Waals surface area contributed by atoms with Crippen LogP contribution < -0.4 is 10.6 Å². The molecule has 0 aliphatic rings. The van der Waals surface area contributed by atoms with Crippen LogP contribution in [0.15, 0.2) is 65.3 Å². The number of aromatic carboxylic acids is 1. The van der Waals surface area contributed by atoms with E-state index in [1.54, 1.807) is 18.2 Å². The molecule has 0 spiro atoms. The van der Waals surface area contributed by atoms with Crippen LogP contribution in [0.25, 0.3) is 11.3 Å². The number of halogens is 1. The summed E-state index contributed by atoms with van der Waals surface area (Å²) in [6.45, 7) is 3.03. The van der Waals surface area contributed by atoms with E-state index in [0.29, 0.717) is 29.4 Å². The summed E-state index contributed by atoms with van der Waals surface area (Å²) < 4.78 is 5.35. The monoisotopic (exact) mass is 414 g/mol. The number of aliphatic hydroxyl groups excluding tert-OH is 1. The van der Waals surface area contributed by atoms with Crippen LogP contribution in [0.3, 0.4) is 0 Å². The van der Waals surface area contributed by atoms with Crippen molar-refractivity contribution in [3.63, 3.8) is 0 Å². The topological polar surface area (TPSA) is 94.7 Å². The molecular weight excluding hydrogens is 392 g/mol. The highest BCUT2D eigenvalue weighted by Crippen LogP contribution is 2.27. The molecule has 0 aliphatic heterocycles. The second-order valence-electron chi connectivity index (χ2n) is 6.81. The van der Waals surface area contributed by atoms with Gasteiger partial charge < -0.3 is 25.3 Å². The van der Waals surface area contributed by atoms with Gasteiger partial charge in [0, 0.05) is 35.4 Å². The summed E-state index contributed by atoms with van der Waals surface area (Å²) in [5, 5.41) is 26.7. The average molecular weight is 415 g/mol. The summed E-state index contributed by atoms with van der Waals surface area (Å²) in [5.74, 6) is -0.694. The number of carboxylic acids is 1. The summed E-state index contributed by atoms with van der Waals surface area (Å²) in [6, 6.07) is 16.1. The summed E-state index contributed by atoms with van der Waals surface area (Å²) in [4.78, 5) is 11.3. The van der Waals surface area contributed by atoms with E-state index in [1.807, 2.05) is 37.3 Å². The Balaban J connectivity index is 1.54. The van der Waals surface area contributed by atoms with Crippen molar-refractivity contribution < 1.29 is 19.4 Å². The van der Waals surface area contributed by atoms with Crippen molar-refractivity contribution in [1.82, 2.24) is 5.32 Å². The molecule has 0 bridgehead atoms. The number of benzene rings is 2. The molecule has 0 saturated carbocycles. The van der Waals surface area contributed by atoms with Gasteiger partial charge in [0.2, 0.25) is 0 Å². The fraction of sp³-hybridized carbons (Fsp3) is 0.227. The van der Waals surface area contributed by atoms with Crippen LogP contribution in [0.1, 0.15) is 28.9 Å². The maximum absolute atomic E-state index is 11.3. The number of rotatable bonds is 9. The summed E-state index contributed by atoms with van der Waals surface area (Å²) >= 11 is 5.97. The number of aliphatic hydroxyl groups is 1. The van der Waals surface area contributed by atoms with Gasteiger partial charge in [0.25, 0.3) is 0 Å². The Morgan fingerprint density at radius 3 is 2.69 bits per heavy atom. The van der Waals surface area contributed by atoms with Gasteiger partial charge in [0.05, 0.1) is 12.4 Å². The number of nitrogens with one attached hydrogen (secondary N) is 2. The molecule has 2 atom stereocenters. The van der Waals surface area contributed by atoms with E-state index in [2.05, 4.69) is 10.6 Å². The molecule has 1 heterocycles. The fourth-order valence-electron chi connectivity index (χ4n) is 2.96. The second kappa shape index (κ2) is 9.60. The third kappa shape index (κ3) is 5.60. The molecule has 0 radical (unpaired) electrons. The third-order valence-corrected chi connectivity index (χ3v) is 4.76. The van der Waals surface area contributed by atoms with Gasteiger partial charge in [-0.2, -0.15) is 0 Å². The lowest BCUT2D eigenvalue weighted by Gasteiger charge is -2.19. The number of hydrogen-bond donors (Lipinski definition) is 4. The summed E-state index contributed by atoms with van der Waals surface area (Å²) in [7, 11) is 0. The number of anilines is 1. The molecule has 3 rings (SSSR count). The Kier molecular flexibility index (Phi) is 6.93. The minimum absolute atomic E-state index is 0.0886. The maximum Gasteiger partial charge on any atom is 0.339 e. The largest absolute Gasteiger partial charge is 0.478 e. The molecule has 29 heavy (non-hydrogen) atoms. The number of furan rings is 1. The van der Waals surface area contributed by atoms with Gasteiger partial charge in [-0.25, -0.2) is 4.79 Å². The fourth-order valence-corrected chi connectivity index (χ4v) is 3.16. The molecule has 1 aromatic heterocycles. The lowest BCUT2D eigenvalue weighted by Crippen LogP contribution is -2.35. The van der Waals surface area contributed by atoms with Gasteiger partial charge in [0.1, 0.15) is 11.3 Å². The molecule has 0 aliphatic carbocycles. The predicted octanol–water partition coefficient (Wildman–Crippen LogP) is 4.42. The molecule has 7 heteroatoms. The van der Waals surface area contributed by atoms with E-state index in [9.17, 15) is 15.0 Å². The SMILES string of the molecule is CC(CNc1cccc(-c2occc2C(=O)O)c1)NCC(O)c1cccc(Cl)c1. The molecule has 4 N–H and O–H groups in total. The molecule has 6 nitrogen and oxygen atoms in total. The normalized spacial score (nSPS) is 13.1. The van der Waals surface area contributed by atoms with Gasteiger partial charge in [-0.3, -0.25) is 0 Å². The highest BCUT2D eigenvalue weighted by atomic mass is 35.5. The van der Waals surface area contributed by atoms with Crippen LogP contribution in [-0.2, 0) is 0 Å². The Labute approximate surface area is 174 Å². The number of hydrogen-bond acceptors (Lipinski definition) is 5. The van der Waals surface area contributed by atoms with E-state index >= 15 is 0 Å². The van der Waals surface area contributed by atoms with Crippen LogP contribution in [0, 0.1) is 0 Å². The summed E-state index contributed by atoms with van der Waals surface area (Å²) in [6.07, 6.45) is 0.726. The van der Waals surface area contributed by atoms with Crippen LogP contribution in [0.4, 0.5) is 5.69 Å². The Hall–Kier alpha value is -2.80. The Morgan fingerprint density at radius 2 is 1.93 bits per heavy atom. The van der Waals surface area contributed by atoms with Gasteiger partial charge in [-0.1, -0.05) is 35.9 Å². The van der Waals surface area contributed by atoms with Crippen molar-refractivity contribution in [2.75, 3.05) is 18.4 Å². The lowest BCUT2D eigenvalue weighted by molar-refractivity contribution is 0.0697. The zero-order chi connectivity index (χ0) is 20.8. The highest BCUT2D eigenvalue weighted by molar-refractivity contribution is 6.30. The molecule has 0 amide bonds. The molecule has 152 valence electrons. The zero-order valence-electron chi connectivity index (χ0n) is 15.9. The van der Waals surface area contributed by atoms with Crippen LogP contribution in [0.5, 0.6) is 0 Å². The first-order chi connectivity index (χ1) is 13.9. The lowest BCUT2D eigenvalue weighted by atomic mass is 10.1. The first-order valence-electron chi connectivity index (χ1n) is 9.26. The Morgan fingerprint density at radius 1 is 1.14 bits per heavy atom. The van der Waals surface area contributed by atoms with E-state index in [-0.39, 0.29) is 11.6 Å². The Bertz CT molecular complexity index is 973. The third-order valence-electron chi connectivity index (χ3n) is 4.53. The van der Waals surface area contributed by atoms with E-state index in [0.717, 1.165) is 11.3 Å². The molecule has 3 aromatic rings. The van der Waals surface area contributed by atoms with E-state index < -0.39 is 12.1 Å². The molecule has 0 fully saturated rings. The minimum atomic E-state index is -1.02. The smallest absolute Gasteiger partial charge is 0.339 e. The van der Waals surface area contributed by atoms with Crippen molar-refractivity contribution >= 4 is 23.3 Å². The standard InChI is InChI=1S/C22H23ClN2O4/c1-14(24-13-20(26)15-4-2-6-17(23)10-15)12-25-18-7-3-5-16(11-18)21-19(22(27)28)8-9-29-21/h2-11,14,20,24-26H,12-13H2,1H3,(H,27,28). The zero-order valence-corrected chi connectivity index (χ0v) is 16.7. The molecule has 2 unspecified atom stereocenters. The van der Waals surface area contributed by atoms with Crippen molar-refractivity contribution in [1.29, 1.82) is 0 Å². The first kappa shape index (κ1) is 20.9. The first-order valence-corrected chi connectivity index (χ1v) is 9.64. The van der Waals surface area contributed by atoms with Crippen molar-refractivity contribution in [2.24, 2.45) is 0 Å². The van der Waals surface area contributed by atoms with Crippen molar-refractivity contribution in [3.05, 3.63) is 77.0 Å². The van der Waals surface area contributed by atoms with Gasteiger partial charge >= 0.3 is 5.97 Å². The van der Waals surface area contributed by atoms with Gasteiger partial charge in [-0.05, 0) is 42.8 Å². The average Bonchev–Trinajstić information content (AvgIpc) is 3.21. The predicted molar refractivity (Wildman–Crippen MR) is 113 cm³/mol. The molecular formula is C22H23ClN2O4. The second-order valence-corrected chi connectivity index (χ2v) is 7.25. The quantitative estimate of drug-likeness (QED) is 0.414. The van der Waals surface area contributed by atoms with E-state index in [1.165, 1.54) is 12.3 Å². The van der Waals surface area contributed by atoms with E-state index in [4.69, 9.17) is 16.0 Å². The molecule has 0 saturated heterocycles. The van der Waals surface area contributed by atoms with Crippen LogP contribution in [0.2, 0.25) is 5.02 Å².